The van der Waals surface area contributed by atoms with E-state index in [1.54, 1.807) is 0 Å². The second-order valence-corrected chi connectivity index (χ2v) is 4.34. The van der Waals surface area contributed by atoms with Gasteiger partial charge < -0.3 is 10.4 Å². The molecule has 92 valence electrons. The molecule has 0 radical (unpaired) electrons. The highest BCUT2D eigenvalue weighted by molar-refractivity contribution is 5.83. The first kappa shape index (κ1) is 11.8. The summed E-state index contributed by atoms with van der Waals surface area (Å²) in [5.74, 6) is -2.25. The molecule has 1 aliphatic rings. The first-order valence-corrected chi connectivity index (χ1v) is 5.50. The number of anilines is 1. The fourth-order valence-corrected chi connectivity index (χ4v) is 2.22. The molecule has 0 atom stereocenters. The predicted octanol–water partition coefficient (Wildman–Crippen LogP) is 2.77. The minimum absolute atomic E-state index is 0.0886. The SMILES string of the molecule is O=C(O)C1(Nc2cc(F)ccc2F)CCCC1. The van der Waals surface area contributed by atoms with Gasteiger partial charge in [-0.2, -0.15) is 0 Å². The standard InChI is InChI=1S/C12H13F2NO2/c13-8-3-4-9(14)10(7-8)15-12(11(16)17)5-1-2-6-12/h3-4,7,15H,1-2,5-6H2,(H,16,17). The van der Waals surface area contributed by atoms with Gasteiger partial charge in [0.15, 0.2) is 0 Å². The van der Waals surface area contributed by atoms with Crippen molar-refractivity contribution in [2.75, 3.05) is 5.32 Å². The lowest BCUT2D eigenvalue weighted by Gasteiger charge is -2.26. The molecule has 0 saturated heterocycles. The molecule has 17 heavy (non-hydrogen) atoms. The third-order valence-corrected chi connectivity index (χ3v) is 3.17. The third-order valence-electron chi connectivity index (χ3n) is 3.17. The number of carboxylic acids is 1. The number of carboxylic acid groups (broad SMARTS) is 1. The number of hydrogen-bond acceptors (Lipinski definition) is 2. The summed E-state index contributed by atoms with van der Waals surface area (Å²) in [7, 11) is 0. The van der Waals surface area contributed by atoms with Gasteiger partial charge in [0.25, 0.3) is 0 Å². The average Bonchev–Trinajstić information content (AvgIpc) is 2.73. The normalized spacial score (nSPS) is 18.0. The van der Waals surface area contributed by atoms with Crippen molar-refractivity contribution in [3.05, 3.63) is 29.8 Å². The molecular weight excluding hydrogens is 228 g/mol. The summed E-state index contributed by atoms with van der Waals surface area (Å²) in [5.41, 5.74) is -1.25. The molecule has 3 nitrogen and oxygen atoms in total. The van der Waals surface area contributed by atoms with Gasteiger partial charge in [0.2, 0.25) is 0 Å². The van der Waals surface area contributed by atoms with E-state index in [2.05, 4.69) is 5.32 Å². The van der Waals surface area contributed by atoms with E-state index < -0.39 is 23.1 Å². The number of rotatable bonds is 3. The molecule has 0 amide bonds. The van der Waals surface area contributed by atoms with Gasteiger partial charge in [-0.15, -0.1) is 0 Å². The van der Waals surface area contributed by atoms with Gasteiger partial charge in [0, 0.05) is 0 Å². The summed E-state index contributed by atoms with van der Waals surface area (Å²) >= 11 is 0. The summed E-state index contributed by atoms with van der Waals surface area (Å²) in [6.07, 6.45) is 2.41. The van der Waals surface area contributed by atoms with Gasteiger partial charge in [-0.3, -0.25) is 0 Å². The Bertz CT molecular complexity index is 442. The van der Waals surface area contributed by atoms with Crippen LogP contribution in [0.15, 0.2) is 18.2 Å². The number of hydrogen-bond donors (Lipinski definition) is 2. The fraction of sp³-hybridized carbons (Fsp3) is 0.417. The molecule has 5 heteroatoms. The van der Waals surface area contributed by atoms with Crippen molar-refractivity contribution in [1.82, 2.24) is 0 Å². The van der Waals surface area contributed by atoms with E-state index in [-0.39, 0.29) is 5.69 Å². The van der Waals surface area contributed by atoms with Crippen molar-refractivity contribution >= 4 is 11.7 Å². The Kier molecular flexibility index (Phi) is 3.00. The zero-order valence-corrected chi connectivity index (χ0v) is 9.17. The molecule has 0 bridgehead atoms. The second-order valence-electron chi connectivity index (χ2n) is 4.34. The van der Waals surface area contributed by atoms with Crippen LogP contribution in [-0.4, -0.2) is 16.6 Å². The minimum Gasteiger partial charge on any atom is -0.480 e. The largest absolute Gasteiger partial charge is 0.480 e. The van der Waals surface area contributed by atoms with Crippen LogP contribution in [-0.2, 0) is 4.79 Å². The van der Waals surface area contributed by atoms with E-state index in [0.29, 0.717) is 12.8 Å². The van der Waals surface area contributed by atoms with Crippen molar-refractivity contribution in [2.24, 2.45) is 0 Å². The lowest BCUT2D eigenvalue weighted by atomic mass is 9.97. The van der Waals surface area contributed by atoms with Crippen LogP contribution in [0.4, 0.5) is 14.5 Å². The summed E-state index contributed by atoms with van der Waals surface area (Å²) in [6, 6.07) is 2.98. The molecule has 1 saturated carbocycles. The molecule has 1 aliphatic carbocycles. The highest BCUT2D eigenvalue weighted by Gasteiger charge is 2.41. The van der Waals surface area contributed by atoms with Crippen LogP contribution >= 0.6 is 0 Å². The Balaban J connectivity index is 2.29. The maximum absolute atomic E-state index is 13.4. The summed E-state index contributed by atoms with van der Waals surface area (Å²) < 4.78 is 26.4. The van der Waals surface area contributed by atoms with Crippen LogP contribution < -0.4 is 5.32 Å². The van der Waals surface area contributed by atoms with Crippen molar-refractivity contribution in [3.63, 3.8) is 0 Å². The van der Waals surface area contributed by atoms with Crippen molar-refractivity contribution in [2.45, 2.75) is 31.2 Å². The molecule has 1 aromatic carbocycles. The number of aliphatic carboxylic acids is 1. The van der Waals surface area contributed by atoms with Gasteiger partial charge in [-0.05, 0) is 31.0 Å². The lowest BCUT2D eigenvalue weighted by molar-refractivity contribution is -0.142. The third kappa shape index (κ3) is 2.23. The Morgan fingerprint density at radius 1 is 1.29 bits per heavy atom. The van der Waals surface area contributed by atoms with Crippen LogP contribution in [0.1, 0.15) is 25.7 Å². The molecule has 0 spiro atoms. The zero-order valence-electron chi connectivity index (χ0n) is 9.17. The van der Waals surface area contributed by atoms with Gasteiger partial charge in [-0.25, -0.2) is 13.6 Å². The summed E-state index contributed by atoms with van der Waals surface area (Å²) in [5, 5.41) is 11.9. The van der Waals surface area contributed by atoms with Gasteiger partial charge >= 0.3 is 5.97 Å². The molecule has 2 rings (SSSR count). The predicted molar refractivity (Wildman–Crippen MR) is 58.8 cm³/mol. The first-order valence-electron chi connectivity index (χ1n) is 5.50. The van der Waals surface area contributed by atoms with E-state index >= 15 is 0 Å². The van der Waals surface area contributed by atoms with Crippen molar-refractivity contribution < 1.29 is 18.7 Å². The van der Waals surface area contributed by atoms with E-state index in [4.69, 9.17) is 0 Å². The van der Waals surface area contributed by atoms with Crippen LogP contribution in [0.5, 0.6) is 0 Å². The highest BCUT2D eigenvalue weighted by atomic mass is 19.1. The summed E-state index contributed by atoms with van der Waals surface area (Å²) in [4.78, 5) is 11.2. The van der Waals surface area contributed by atoms with Crippen LogP contribution in [0, 0.1) is 11.6 Å². The number of halogens is 2. The number of benzene rings is 1. The van der Waals surface area contributed by atoms with E-state index in [1.807, 2.05) is 0 Å². The summed E-state index contributed by atoms with van der Waals surface area (Å²) in [6.45, 7) is 0. The minimum atomic E-state index is -1.16. The average molecular weight is 241 g/mol. The number of carbonyl (C=O) groups is 1. The van der Waals surface area contributed by atoms with E-state index in [0.717, 1.165) is 31.0 Å². The molecule has 0 unspecified atom stereocenters. The van der Waals surface area contributed by atoms with E-state index in [9.17, 15) is 18.7 Å². The monoisotopic (exact) mass is 241 g/mol. The zero-order chi connectivity index (χ0) is 12.5. The van der Waals surface area contributed by atoms with Gasteiger partial charge in [0.1, 0.15) is 17.2 Å². The Morgan fingerprint density at radius 2 is 1.94 bits per heavy atom. The Morgan fingerprint density at radius 3 is 2.53 bits per heavy atom. The molecule has 0 aliphatic heterocycles. The Hall–Kier alpha value is -1.65. The quantitative estimate of drug-likeness (QED) is 0.855. The molecule has 0 aromatic heterocycles. The molecule has 1 aromatic rings. The second kappa shape index (κ2) is 4.31. The van der Waals surface area contributed by atoms with Gasteiger partial charge in [-0.1, -0.05) is 12.8 Å². The molecule has 1 fully saturated rings. The number of nitrogens with one attached hydrogen (secondary N) is 1. The van der Waals surface area contributed by atoms with Gasteiger partial charge in [0.05, 0.1) is 5.69 Å². The highest BCUT2D eigenvalue weighted by Crippen LogP contribution is 2.34. The van der Waals surface area contributed by atoms with Crippen molar-refractivity contribution in [1.29, 1.82) is 0 Å². The van der Waals surface area contributed by atoms with Crippen molar-refractivity contribution in [3.8, 4) is 0 Å². The van der Waals surface area contributed by atoms with Crippen LogP contribution in [0.25, 0.3) is 0 Å². The van der Waals surface area contributed by atoms with E-state index in [1.165, 1.54) is 0 Å². The Labute approximate surface area is 97.5 Å². The first-order chi connectivity index (χ1) is 8.03. The van der Waals surface area contributed by atoms with Crippen LogP contribution in [0.2, 0.25) is 0 Å². The maximum Gasteiger partial charge on any atom is 0.329 e. The lowest BCUT2D eigenvalue weighted by Crippen LogP contribution is -2.43. The molecule has 0 heterocycles. The molecular formula is C12H13F2NO2. The maximum atomic E-state index is 13.4. The fourth-order valence-electron chi connectivity index (χ4n) is 2.22. The van der Waals surface area contributed by atoms with Crippen LogP contribution in [0.3, 0.4) is 0 Å². The topological polar surface area (TPSA) is 49.3 Å². The smallest absolute Gasteiger partial charge is 0.329 e. The molecule has 2 N–H and O–H groups in total.